The van der Waals surface area contributed by atoms with Gasteiger partial charge in [0.25, 0.3) is 0 Å². The molecule has 1 atom stereocenters. The smallest absolute Gasteiger partial charge is 0.155 e. The average Bonchev–Trinajstić information content (AvgIpc) is 2.74. The summed E-state index contributed by atoms with van der Waals surface area (Å²) in [5, 5.41) is 3.41. The molecule has 0 aliphatic carbocycles. The molecular weight excluding hydrogens is 192 g/mol. The van der Waals surface area contributed by atoms with Gasteiger partial charge in [0.15, 0.2) is 5.65 Å². The van der Waals surface area contributed by atoms with Crippen molar-refractivity contribution in [3.05, 3.63) is 30.5 Å². The number of fused-ring (bicyclic) bond motifs is 1. The second-order valence-corrected chi connectivity index (χ2v) is 3.57. The van der Waals surface area contributed by atoms with Crippen molar-refractivity contribution in [3.8, 4) is 0 Å². The van der Waals surface area contributed by atoms with E-state index in [-0.39, 0.29) is 6.04 Å². The van der Waals surface area contributed by atoms with E-state index in [4.69, 9.17) is 4.74 Å². The molecule has 0 bridgehead atoms. The maximum absolute atomic E-state index is 5.44. The summed E-state index contributed by atoms with van der Waals surface area (Å²) >= 11 is 0. The minimum atomic E-state index is 0.233. The molecule has 5 nitrogen and oxygen atoms in total. The first kappa shape index (κ1) is 8.82. The van der Waals surface area contributed by atoms with Crippen LogP contribution in [0.5, 0.6) is 0 Å². The van der Waals surface area contributed by atoms with Crippen LogP contribution in [0.4, 0.5) is 0 Å². The van der Waals surface area contributed by atoms with E-state index >= 15 is 0 Å². The van der Waals surface area contributed by atoms with E-state index in [1.807, 2.05) is 16.8 Å². The lowest BCUT2D eigenvalue weighted by Crippen LogP contribution is -2.35. The van der Waals surface area contributed by atoms with Gasteiger partial charge < -0.3 is 10.1 Å². The highest BCUT2D eigenvalue weighted by Crippen LogP contribution is 2.16. The van der Waals surface area contributed by atoms with Crippen LogP contribution in [-0.2, 0) is 4.74 Å². The Morgan fingerprint density at radius 2 is 2.47 bits per heavy atom. The van der Waals surface area contributed by atoms with Gasteiger partial charge in [-0.1, -0.05) is 0 Å². The average molecular weight is 204 g/mol. The molecule has 0 radical (unpaired) electrons. The highest BCUT2D eigenvalue weighted by atomic mass is 16.5. The zero-order valence-corrected chi connectivity index (χ0v) is 8.26. The van der Waals surface area contributed by atoms with Gasteiger partial charge in [0.05, 0.1) is 37.3 Å². The monoisotopic (exact) mass is 204 g/mol. The standard InChI is InChI=1S/C10H12N4O/c1-3-14-9(5-13-10(14)6-11-1)8-7-15-4-2-12-8/h1,3,5-6,8,12H,2,4,7H2. The van der Waals surface area contributed by atoms with Crippen molar-refractivity contribution < 1.29 is 4.74 Å². The van der Waals surface area contributed by atoms with Crippen LogP contribution < -0.4 is 5.32 Å². The summed E-state index contributed by atoms with van der Waals surface area (Å²) in [5.74, 6) is 0. The van der Waals surface area contributed by atoms with E-state index in [2.05, 4.69) is 15.3 Å². The van der Waals surface area contributed by atoms with Gasteiger partial charge in [-0.05, 0) is 0 Å². The maximum Gasteiger partial charge on any atom is 0.155 e. The fourth-order valence-electron chi connectivity index (χ4n) is 1.88. The molecule has 2 aromatic rings. The molecule has 0 amide bonds. The van der Waals surface area contributed by atoms with E-state index in [0.717, 1.165) is 24.5 Å². The quantitative estimate of drug-likeness (QED) is 0.730. The third-order valence-corrected chi connectivity index (χ3v) is 2.62. The fraction of sp³-hybridized carbons (Fsp3) is 0.400. The first-order chi connectivity index (χ1) is 7.45. The van der Waals surface area contributed by atoms with Crippen LogP contribution in [0.25, 0.3) is 5.65 Å². The Labute approximate surface area is 87.1 Å². The molecular formula is C10H12N4O. The Hall–Kier alpha value is -1.46. The van der Waals surface area contributed by atoms with Crippen molar-refractivity contribution in [2.24, 2.45) is 0 Å². The molecule has 3 heterocycles. The SMILES string of the molecule is c1cn2c(C3COCCN3)cnc2cn1. The van der Waals surface area contributed by atoms with Gasteiger partial charge >= 0.3 is 0 Å². The zero-order chi connectivity index (χ0) is 10.1. The summed E-state index contributed by atoms with van der Waals surface area (Å²) in [6.07, 6.45) is 7.33. The highest BCUT2D eigenvalue weighted by Gasteiger charge is 2.18. The summed E-state index contributed by atoms with van der Waals surface area (Å²) in [4.78, 5) is 8.34. The van der Waals surface area contributed by atoms with Crippen molar-refractivity contribution >= 4 is 5.65 Å². The van der Waals surface area contributed by atoms with Crippen LogP contribution in [-0.4, -0.2) is 34.1 Å². The van der Waals surface area contributed by atoms with Crippen LogP contribution in [0.15, 0.2) is 24.8 Å². The molecule has 1 aliphatic heterocycles. The number of aromatic nitrogens is 3. The first-order valence-corrected chi connectivity index (χ1v) is 5.03. The number of nitrogens with zero attached hydrogens (tertiary/aromatic N) is 3. The van der Waals surface area contributed by atoms with Gasteiger partial charge in [0.1, 0.15) is 0 Å². The molecule has 3 rings (SSSR count). The van der Waals surface area contributed by atoms with Crippen LogP contribution in [0, 0.1) is 0 Å². The molecule has 0 saturated carbocycles. The van der Waals surface area contributed by atoms with Gasteiger partial charge in [-0.2, -0.15) is 0 Å². The van der Waals surface area contributed by atoms with E-state index < -0.39 is 0 Å². The molecule has 0 spiro atoms. The lowest BCUT2D eigenvalue weighted by atomic mass is 10.2. The van der Waals surface area contributed by atoms with Gasteiger partial charge in [-0.15, -0.1) is 0 Å². The highest BCUT2D eigenvalue weighted by molar-refractivity contribution is 5.37. The van der Waals surface area contributed by atoms with Crippen molar-refractivity contribution in [2.45, 2.75) is 6.04 Å². The molecule has 15 heavy (non-hydrogen) atoms. The Bertz CT molecular complexity index is 461. The normalized spacial score (nSPS) is 22.0. The molecule has 5 heteroatoms. The minimum absolute atomic E-state index is 0.233. The van der Waals surface area contributed by atoms with E-state index in [1.165, 1.54) is 0 Å². The number of nitrogens with one attached hydrogen (secondary N) is 1. The van der Waals surface area contributed by atoms with Crippen molar-refractivity contribution in [2.75, 3.05) is 19.8 Å². The Balaban J connectivity index is 2.02. The second kappa shape index (κ2) is 3.60. The Kier molecular flexibility index (Phi) is 2.12. The van der Waals surface area contributed by atoms with Crippen molar-refractivity contribution in [3.63, 3.8) is 0 Å². The van der Waals surface area contributed by atoms with Gasteiger partial charge in [0.2, 0.25) is 0 Å². The molecule has 1 aliphatic rings. The van der Waals surface area contributed by atoms with Crippen LogP contribution in [0.1, 0.15) is 11.7 Å². The van der Waals surface area contributed by atoms with Crippen LogP contribution in [0.2, 0.25) is 0 Å². The molecule has 1 unspecified atom stereocenters. The number of rotatable bonds is 1. The second-order valence-electron chi connectivity index (χ2n) is 3.57. The third-order valence-electron chi connectivity index (χ3n) is 2.62. The van der Waals surface area contributed by atoms with E-state index in [9.17, 15) is 0 Å². The third kappa shape index (κ3) is 1.49. The molecule has 2 aromatic heterocycles. The van der Waals surface area contributed by atoms with E-state index in [1.54, 1.807) is 12.4 Å². The summed E-state index contributed by atoms with van der Waals surface area (Å²) in [6, 6.07) is 0.233. The number of imidazole rings is 1. The number of morpholine rings is 1. The number of hydrogen-bond donors (Lipinski definition) is 1. The van der Waals surface area contributed by atoms with Gasteiger partial charge in [-0.25, -0.2) is 4.98 Å². The number of hydrogen-bond acceptors (Lipinski definition) is 4. The molecule has 1 N–H and O–H groups in total. The van der Waals surface area contributed by atoms with Gasteiger partial charge in [0, 0.05) is 18.9 Å². The molecule has 78 valence electrons. The molecule has 0 aromatic carbocycles. The molecule has 1 saturated heterocycles. The predicted octanol–water partition coefficient (Wildman–Crippen LogP) is 0.390. The summed E-state index contributed by atoms with van der Waals surface area (Å²) in [7, 11) is 0. The van der Waals surface area contributed by atoms with Crippen LogP contribution >= 0.6 is 0 Å². The Morgan fingerprint density at radius 3 is 3.33 bits per heavy atom. The van der Waals surface area contributed by atoms with Crippen LogP contribution in [0.3, 0.4) is 0 Å². The maximum atomic E-state index is 5.44. The van der Waals surface area contributed by atoms with Gasteiger partial charge in [-0.3, -0.25) is 9.38 Å². The predicted molar refractivity (Wildman–Crippen MR) is 54.5 cm³/mol. The lowest BCUT2D eigenvalue weighted by molar-refractivity contribution is 0.0753. The van der Waals surface area contributed by atoms with Crippen molar-refractivity contribution in [1.82, 2.24) is 19.7 Å². The van der Waals surface area contributed by atoms with Crippen molar-refractivity contribution in [1.29, 1.82) is 0 Å². The fourth-order valence-corrected chi connectivity index (χ4v) is 1.88. The largest absolute Gasteiger partial charge is 0.378 e. The summed E-state index contributed by atoms with van der Waals surface area (Å²) in [6.45, 7) is 2.38. The zero-order valence-electron chi connectivity index (χ0n) is 8.26. The summed E-state index contributed by atoms with van der Waals surface area (Å²) in [5.41, 5.74) is 2.01. The lowest BCUT2D eigenvalue weighted by Gasteiger charge is -2.23. The topological polar surface area (TPSA) is 51.5 Å². The molecule has 1 fully saturated rings. The minimum Gasteiger partial charge on any atom is -0.378 e. The summed E-state index contributed by atoms with van der Waals surface area (Å²) < 4.78 is 7.48. The first-order valence-electron chi connectivity index (χ1n) is 5.03. The van der Waals surface area contributed by atoms with E-state index in [0.29, 0.717) is 6.61 Å². The number of ether oxygens (including phenoxy) is 1. The Morgan fingerprint density at radius 1 is 1.47 bits per heavy atom.